The van der Waals surface area contributed by atoms with E-state index in [4.69, 9.17) is 0 Å². The summed E-state index contributed by atoms with van der Waals surface area (Å²) in [6.45, 7) is 1.58. The van der Waals surface area contributed by atoms with Gasteiger partial charge in [-0.15, -0.1) is 0 Å². The number of carbonyl (C=O) groups excluding carboxylic acids is 1. The van der Waals surface area contributed by atoms with Crippen molar-refractivity contribution >= 4 is 44.3 Å². The molecular weight excluding hydrogens is 331 g/mol. The van der Waals surface area contributed by atoms with Gasteiger partial charge in [0.05, 0.1) is 0 Å². The largest absolute Gasteiger partial charge is 0.295 e. The number of hydrogen-bond donors (Lipinski definition) is 0. The Bertz CT molecular complexity index is 309. The standard InChI is InChI=1S/C9H8BrIO/c1-6(12)7-2-3-8(5-10)9(11)4-7/h2-4H,5H2,1H3. The zero-order valence-electron chi connectivity index (χ0n) is 6.60. The van der Waals surface area contributed by atoms with Crippen LogP contribution in [0.4, 0.5) is 0 Å². The van der Waals surface area contributed by atoms with Crippen molar-refractivity contribution in [2.75, 3.05) is 0 Å². The fraction of sp³-hybridized carbons (Fsp3) is 0.222. The first-order chi connectivity index (χ1) is 5.65. The summed E-state index contributed by atoms with van der Waals surface area (Å²) in [6, 6.07) is 5.76. The van der Waals surface area contributed by atoms with Gasteiger partial charge < -0.3 is 0 Å². The number of benzene rings is 1. The number of carbonyl (C=O) groups is 1. The number of Topliss-reactive ketones (excluding diaryl/α,β-unsaturated/α-hetero) is 1. The van der Waals surface area contributed by atoms with E-state index >= 15 is 0 Å². The molecule has 3 heteroatoms. The normalized spacial score (nSPS) is 9.92. The molecule has 0 amide bonds. The number of ketones is 1. The smallest absolute Gasteiger partial charge is 0.159 e. The third kappa shape index (κ3) is 2.29. The second kappa shape index (κ2) is 4.37. The monoisotopic (exact) mass is 338 g/mol. The molecule has 0 bridgehead atoms. The summed E-state index contributed by atoms with van der Waals surface area (Å²) in [5.41, 5.74) is 2.00. The fourth-order valence-electron chi connectivity index (χ4n) is 0.875. The molecule has 0 heterocycles. The van der Waals surface area contributed by atoms with Gasteiger partial charge in [-0.1, -0.05) is 28.1 Å². The van der Waals surface area contributed by atoms with E-state index in [1.165, 1.54) is 5.56 Å². The van der Waals surface area contributed by atoms with Crippen LogP contribution in [0.2, 0.25) is 0 Å². The van der Waals surface area contributed by atoms with E-state index in [0.29, 0.717) is 0 Å². The summed E-state index contributed by atoms with van der Waals surface area (Å²) >= 11 is 5.62. The highest BCUT2D eigenvalue weighted by molar-refractivity contribution is 14.1. The molecule has 1 rings (SSSR count). The lowest BCUT2D eigenvalue weighted by molar-refractivity contribution is 0.101. The molecule has 0 saturated carbocycles. The average molecular weight is 339 g/mol. The fourth-order valence-corrected chi connectivity index (χ4v) is 2.59. The third-order valence-electron chi connectivity index (χ3n) is 1.60. The van der Waals surface area contributed by atoms with Gasteiger partial charge >= 0.3 is 0 Å². The Morgan fingerprint density at radius 3 is 2.67 bits per heavy atom. The molecule has 0 unspecified atom stereocenters. The zero-order chi connectivity index (χ0) is 9.14. The molecule has 0 aliphatic rings. The van der Waals surface area contributed by atoms with Crippen molar-refractivity contribution in [1.82, 2.24) is 0 Å². The van der Waals surface area contributed by atoms with Crippen molar-refractivity contribution in [3.8, 4) is 0 Å². The van der Waals surface area contributed by atoms with Crippen LogP contribution in [0.5, 0.6) is 0 Å². The second-order valence-corrected chi connectivity index (χ2v) is 4.22. The van der Waals surface area contributed by atoms with Crippen LogP contribution < -0.4 is 0 Å². The van der Waals surface area contributed by atoms with E-state index in [-0.39, 0.29) is 5.78 Å². The van der Waals surface area contributed by atoms with Crippen molar-refractivity contribution in [3.05, 3.63) is 32.9 Å². The van der Waals surface area contributed by atoms with Gasteiger partial charge in [0, 0.05) is 14.5 Å². The first-order valence-corrected chi connectivity index (χ1v) is 5.70. The summed E-state index contributed by atoms with van der Waals surface area (Å²) in [7, 11) is 0. The van der Waals surface area contributed by atoms with Crippen molar-refractivity contribution in [2.24, 2.45) is 0 Å². The third-order valence-corrected chi connectivity index (χ3v) is 3.21. The SMILES string of the molecule is CC(=O)c1ccc(CBr)c(I)c1. The highest BCUT2D eigenvalue weighted by Gasteiger charge is 2.02. The Morgan fingerprint density at radius 2 is 2.25 bits per heavy atom. The van der Waals surface area contributed by atoms with E-state index < -0.39 is 0 Å². The predicted molar refractivity (Wildman–Crippen MR) is 61.8 cm³/mol. The molecule has 0 spiro atoms. The minimum absolute atomic E-state index is 0.119. The lowest BCUT2D eigenvalue weighted by Crippen LogP contribution is -1.94. The van der Waals surface area contributed by atoms with Crippen LogP contribution in [-0.2, 0) is 5.33 Å². The average Bonchev–Trinajstić information content (AvgIpc) is 2.04. The van der Waals surface area contributed by atoms with Crippen LogP contribution in [0.1, 0.15) is 22.8 Å². The Morgan fingerprint density at radius 1 is 1.58 bits per heavy atom. The summed E-state index contributed by atoms with van der Waals surface area (Å²) in [5, 5.41) is 0.837. The molecule has 0 aliphatic carbocycles. The first kappa shape index (κ1) is 10.2. The van der Waals surface area contributed by atoms with Gasteiger partial charge in [0.15, 0.2) is 5.78 Å². The van der Waals surface area contributed by atoms with Gasteiger partial charge in [0.1, 0.15) is 0 Å². The van der Waals surface area contributed by atoms with E-state index in [1.54, 1.807) is 6.92 Å². The van der Waals surface area contributed by atoms with E-state index in [2.05, 4.69) is 38.5 Å². The minimum Gasteiger partial charge on any atom is -0.295 e. The Kier molecular flexibility index (Phi) is 3.71. The molecule has 0 saturated heterocycles. The van der Waals surface area contributed by atoms with Crippen LogP contribution in [0.3, 0.4) is 0 Å². The molecule has 0 aromatic heterocycles. The maximum atomic E-state index is 11.0. The lowest BCUT2D eigenvalue weighted by Gasteiger charge is -2.01. The van der Waals surface area contributed by atoms with Gasteiger partial charge in [-0.25, -0.2) is 0 Å². The van der Waals surface area contributed by atoms with Gasteiger partial charge in [-0.3, -0.25) is 4.79 Å². The molecular formula is C9H8BrIO. The van der Waals surface area contributed by atoms with Crippen molar-refractivity contribution in [2.45, 2.75) is 12.3 Å². The predicted octanol–water partition coefficient (Wildman–Crippen LogP) is 3.39. The summed E-state index contributed by atoms with van der Waals surface area (Å²) in [4.78, 5) is 11.0. The maximum absolute atomic E-state index is 11.0. The summed E-state index contributed by atoms with van der Waals surface area (Å²) in [6.07, 6.45) is 0. The Labute approximate surface area is 93.8 Å². The van der Waals surface area contributed by atoms with Gasteiger partial charge in [-0.2, -0.15) is 0 Å². The molecule has 1 aromatic carbocycles. The summed E-state index contributed by atoms with van der Waals surface area (Å²) in [5.74, 6) is 0.119. The van der Waals surface area contributed by atoms with Gasteiger partial charge in [0.25, 0.3) is 0 Å². The first-order valence-electron chi connectivity index (χ1n) is 3.50. The second-order valence-electron chi connectivity index (χ2n) is 2.50. The highest BCUT2D eigenvalue weighted by Crippen LogP contribution is 2.17. The van der Waals surface area contributed by atoms with Crippen LogP contribution in [0, 0.1) is 3.57 Å². The van der Waals surface area contributed by atoms with Crippen molar-refractivity contribution in [1.29, 1.82) is 0 Å². The van der Waals surface area contributed by atoms with Crippen LogP contribution >= 0.6 is 38.5 Å². The van der Waals surface area contributed by atoms with E-state index in [1.807, 2.05) is 18.2 Å². The molecule has 0 aliphatic heterocycles. The number of halogens is 2. The van der Waals surface area contributed by atoms with Crippen LogP contribution in [0.15, 0.2) is 18.2 Å². The lowest BCUT2D eigenvalue weighted by atomic mass is 10.1. The van der Waals surface area contributed by atoms with Crippen molar-refractivity contribution in [3.63, 3.8) is 0 Å². The Hall–Kier alpha value is 0.1000. The van der Waals surface area contributed by atoms with Crippen LogP contribution in [0.25, 0.3) is 0 Å². The van der Waals surface area contributed by atoms with Gasteiger partial charge in [0.2, 0.25) is 0 Å². The quantitative estimate of drug-likeness (QED) is 0.459. The van der Waals surface area contributed by atoms with E-state index in [9.17, 15) is 4.79 Å². The maximum Gasteiger partial charge on any atom is 0.159 e. The molecule has 0 atom stereocenters. The zero-order valence-corrected chi connectivity index (χ0v) is 10.3. The van der Waals surface area contributed by atoms with Crippen LogP contribution in [-0.4, -0.2) is 5.78 Å². The highest BCUT2D eigenvalue weighted by atomic mass is 127. The molecule has 12 heavy (non-hydrogen) atoms. The topological polar surface area (TPSA) is 17.1 Å². The molecule has 0 fully saturated rings. The Balaban J connectivity index is 3.10. The van der Waals surface area contributed by atoms with Crippen molar-refractivity contribution < 1.29 is 4.79 Å². The molecule has 0 N–H and O–H groups in total. The molecule has 64 valence electrons. The molecule has 0 radical (unpaired) electrons. The van der Waals surface area contributed by atoms with E-state index in [0.717, 1.165) is 14.5 Å². The molecule has 1 aromatic rings. The summed E-state index contributed by atoms with van der Waals surface area (Å²) < 4.78 is 1.14. The minimum atomic E-state index is 0.119. The number of hydrogen-bond acceptors (Lipinski definition) is 1. The number of alkyl halides is 1. The number of rotatable bonds is 2. The molecule has 1 nitrogen and oxygen atoms in total. The van der Waals surface area contributed by atoms with Gasteiger partial charge in [-0.05, 0) is 41.1 Å².